The van der Waals surface area contributed by atoms with E-state index < -0.39 is 11.7 Å². The summed E-state index contributed by atoms with van der Waals surface area (Å²) in [4.78, 5) is 22.4. The van der Waals surface area contributed by atoms with Gasteiger partial charge in [-0.15, -0.1) is 0 Å². The normalized spacial score (nSPS) is 14.3. The smallest absolute Gasteiger partial charge is 0.296 e. The Morgan fingerprint density at radius 2 is 2.00 bits per heavy atom. The van der Waals surface area contributed by atoms with Gasteiger partial charge in [-0.1, -0.05) is 6.07 Å². The van der Waals surface area contributed by atoms with Crippen LogP contribution < -0.4 is 5.32 Å². The molecule has 0 spiro atoms. The van der Waals surface area contributed by atoms with Crippen molar-refractivity contribution in [2.75, 3.05) is 5.32 Å². The van der Waals surface area contributed by atoms with E-state index in [0.717, 1.165) is 9.13 Å². The Morgan fingerprint density at radius 3 is 2.62 bits per heavy atom. The monoisotopic (exact) mass is 287 g/mol. The van der Waals surface area contributed by atoms with Crippen LogP contribution in [-0.4, -0.2) is 11.7 Å². The van der Waals surface area contributed by atoms with Gasteiger partial charge in [-0.2, -0.15) is 0 Å². The van der Waals surface area contributed by atoms with Crippen LogP contribution in [0.3, 0.4) is 0 Å². The number of carbonyl (C=O) groups excluding carboxylic acids is 2. The Balaban J connectivity index is 2.75. The van der Waals surface area contributed by atoms with E-state index in [1.54, 1.807) is 0 Å². The third kappa shape index (κ3) is 1.16. The Labute approximate surface area is 88.7 Å². The highest BCUT2D eigenvalue weighted by molar-refractivity contribution is 14.1. The van der Waals surface area contributed by atoms with Crippen LogP contribution in [0.5, 0.6) is 0 Å². The number of hydrogen-bond acceptors (Lipinski definition) is 2. The average molecular weight is 287 g/mol. The lowest BCUT2D eigenvalue weighted by Gasteiger charge is -2.02. The van der Waals surface area contributed by atoms with E-state index in [1.807, 2.05) is 19.1 Å². The minimum atomic E-state index is -0.526. The van der Waals surface area contributed by atoms with E-state index in [-0.39, 0.29) is 0 Å². The predicted octanol–water partition coefficient (Wildman–Crippen LogP) is 1.73. The maximum atomic E-state index is 11.4. The van der Waals surface area contributed by atoms with Gasteiger partial charge in [0.15, 0.2) is 0 Å². The second kappa shape index (κ2) is 2.80. The van der Waals surface area contributed by atoms with Crippen LogP contribution in [0.25, 0.3) is 0 Å². The molecule has 1 aliphatic rings. The molecule has 0 aliphatic carbocycles. The number of Topliss-reactive ketones (excluding diaryl/α,β-unsaturated/α-hetero) is 1. The summed E-state index contributed by atoms with van der Waals surface area (Å²) >= 11 is 2.10. The summed E-state index contributed by atoms with van der Waals surface area (Å²) in [5.41, 5.74) is 2.03. The fourth-order valence-corrected chi connectivity index (χ4v) is 1.96. The zero-order valence-corrected chi connectivity index (χ0v) is 9.01. The highest BCUT2D eigenvalue weighted by atomic mass is 127. The molecule has 0 atom stereocenters. The lowest BCUT2D eigenvalue weighted by atomic mass is 10.1. The Hall–Kier alpha value is -0.910. The van der Waals surface area contributed by atoms with Crippen LogP contribution >= 0.6 is 22.6 Å². The van der Waals surface area contributed by atoms with Crippen molar-refractivity contribution in [3.05, 3.63) is 26.8 Å². The van der Waals surface area contributed by atoms with E-state index >= 15 is 0 Å². The predicted molar refractivity (Wildman–Crippen MR) is 56.9 cm³/mol. The number of fused-ring (bicyclic) bond motifs is 1. The Bertz CT molecular complexity index is 426. The summed E-state index contributed by atoms with van der Waals surface area (Å²) in [6.45, 7) is 1.83. The van der Waals surface area contributed by atoms with Gasteiger partial charge in [-0.3, -0.25) is 9.59 Å². The number of hydrogen-bond donors (Lipinski definition) is 1. The van der Waals surface area contributed by atoms with Gasteiger partial charge in [0, 0.05) is 3.57 Å². The van der Waals surface area contributed by atoms with Crippen molar-refractivity contribution in [2.24, 2.45) is 0 Å². The fourth-order valence-electron chi connectivity index (χ4n) is 1.38. The van der Waals surface area contributed by atoms with Crippen LogP contribution in [0.1, 0.15) is 15.9 Å². The van der Waals surface area contributed by atoms with Crippen LogP contribution in [-0.2, 0) is 4.79 Å². The number of amides is 1. The number of benzene rings is 1. The molecule has 1 N–H and O–H groups in total. The third-order valence-electron chi connectivity index (χ3n) is 2.03. The zero-order chi connectivity index (χ0) is 9.59. The van der Waals surface area contributed by atoms with E-state index in [1.165, 1.54) is 0 Å². The molecule has 1 heterocycles. The molecule has 2 rings (SSSR count). The lowest BCUT2D eigenvalue weighted by molar-refractivity contribution is -0.112. The van der Waals surface area contributed by atoms with Gasteiger partial charge in [0.2, 0.25) is 0 Å². The van der Waals surface area contributed by atoms with Crippen molar-refractivity contribution >= 4 is 40.0 Å². The molecule has 13 heavy (non-hydrogen) atoms. The lowest BCUT2D eigenvalue weighted by Crippen LogP contribution is -2.12. The highest BCUT2D eigenvalue weighted by Crippen LogP contribution is 2.30. The standard InChI is InChI=1S/C9H6INO2/c1-4-2-3-5(10)7-6(4)8(12)9(13)11-7/h2-3H,1H3,(H,11,12,13). The van der Waals surface area contributed by atoms with Gasteiger partial charge in [-0.25, -0.2) is 0 Å². The Morgan fingerprint density at radius 1 is 1.31 bits per heavy atom. The molecule has 66 valence electrons. The van der Waals surface area contributed by atoms with E-state index in [2.05, 4.69) is 27.9 Å². The van der Waals surface area contributed by atoms with Gasteiger partial charge in [-0.05, 0) is 41.1 Å². The number of nitrogens with one attached hydrogen (secondary N) is 1. The number of halogens is 1. The first-order valence-corrected chi connectivity index (χ1v) is 4.84. The van der Waals surface area contributed by atoms with Crippen molar-refractivity contribution < 1.29 is 9.59 Å². The summed E-state index contributed by atoms with van der Waals surface area (Å²) in [5, 5.41) is 2.56. The number of aryl methyl sites for hydroxylation is 1. The summed E-state index contributed by atoms with van der Waals surface area (Å²) in [5.74, 6) is -0.951. The number of anilines is 1. The van der Waals surface area contributed by atoms with Crippen molar-refractivity contribution in [1.29, 1.82) is 0 Å². The average Bonchev–Trinajstić information content (AvgIpc) is 2.38. The first-order chi connectivity index (χ1) is 6.11. The second-order valence-corrected chi connectivity index (χ2v) is 4.06. The first-order valence-electron chi connectivity index (χ1n) is 3.76. The van der Waals surface area contributed by atoms with E-state index in [9.17, 15) is 9.59 Å². The minimum absolute atomic E-state index is 0.425. The molecule has 0 fully saturated rings. The summed E-state index contributed by atoms with van der Waals surface area (Å²) in [6, 6.07) is 3.73. The maximum absolute atomic E-state index is 11.4. The first kappa shape index (κ1) is 8.68. The highest BCUT2D eigenvalue weighted by Gasteiger charge is 2.30. The van der Waals surface area contributed by atoms with Crippen molar-refractivity contribution in [3.63, 3.8) is 0 Å². The second-order valence-electron chi connectivity index (χ2n) is 2.90. The molecule has 0 radical (unpaired) electrons. The van der Waals surface area contributed by atoms with Gasteiger partial charge in [0.1, 0.15) is 0 Å². The Kier molecular flexibility index (Phi) is 1.87. The molecule has 0 unspecified atom stereocenters. The number of carbonyl (C=O) groups is 2. The van der Waals surface area contributed by atoms with Gasteiger partial charge in [0.05, 0.1) is 11.3 Å². The molecule has 1 aliphatic heterocycles. The fraction of sp³-hybridized carbons (Fsp3) is 0.111. The SMILES string of the molecule is Cc1ccc(I)c2c1C(=O)C(=O)N2. The minimum Gasteiger partial charge on any atom is -0.317 e. The molecule has 0 aromatic heterocycles. The molecule has 4 heteroatoms. The number of ketones is 1. The van der Waals surface area contributed by atoms with E-state index in [4.69, 9.17) is 0 Å². The molecular weight excluding hydrogens is 281 g/mol. The molecule has 1 aromatic rings. The van der Waals surface area contributed by atoms with Gasteiger partial charge >= 0.3 is 0 Å². The molecule has 0 saturated heterocycles. The van der Waals surface area contributed by atoms with Crippen LogP contribution in [0.2, 0.25) is 0 Å². The van der Waals surface area contributed by atoms with Crippen molar-refractivity contribution in [3.8, 4) is 0 Å². The molecule has 1 aromatic carbocycles. The summed E-state index contributed by atoms with van der Waals surface area (Å²) < 4.78 is 0.900. The topological polar surface area (TPSA) is 46.2 Å². The number of rotatable bonds is 0. The van der Waals surface area contributed by atoms with Crippen molar-refractivity contribution in [2.45, 2.75) is 6.92 Å². The van der Waals surface area contributed by atoms with Crippen LogP contribution in [0.4, 0.5) is 5.69 Å². The van der Waals surface area contributed by atoms with Crippen molar-refractivity contribution in [1.82, 2.24) is 0 Å². The molecule has 0 bridgehead atoms. The third-order valence-corrected chi connectivity index (χ3v) is 2.93. The zero-order valence-electron chi connectivity index (χ0n) is 6.85. The molecular formula is C9H6INO2. The van der Waals surface area contributed by atoms with Crippen LogP contribution in [0, 0.1) is 10.5 Å². The maximum Gasteiger partial charge on any atom is 0.296 e. The van der Waals surface area contributed by atoms with Gasteiger partial charge < -0.3 is 5.32 Å². The summed E-state index contributed by atoms with van der Waals surface area (Å²) in [7, 11) is 0. The molecule has 1 amide bonds. The summed E-state index contributed by atoms with van der Waals surface area (Å²) in [6.07, 6.45) is 0. The molecule has 0 saturated carbocycles. The van der Waals surface area contributed by atoms with Crippen LogP contribution in [0.15, 0.2) is 12.1 Å². The molecule has 3 nitrogen and oxygen atoms in total. The largest absolute Gasteiger partial charge is 0.317 e. The van der Waals surface area contributed by atoms with E-state index in [0.29, 0.717) is 11.3 Å². The quantitative estimate of drug-likeness (QED) is 0.583. The van der Waals surface area contributed by atoms with Gasteiger partial charge in [0.25, 0.3) is 11.7 Å².